The summed E-state index contributed by atoms with van der Waals surface area (Å²) in [4.78, 5) is 0. The molecule has 16 heavy (non-hydrogen) atoms. The van der Waals surface area contributed by atoms with Crippen LogP contribution in [0.3, 0.4) is 0 Å². The largest absolute Gasteiger partial charge is 0.375 e. The molecule has 1 aliphatic carbocycles. The van der Waals surface area contributed by atoms with Crippen LogP contribution in [0.2, 0.25) is 0 Å². The molecule has 0 amide bonds. The second-order valence-electron chi connectivity index (χ2n) is 7.03. The van der Waals surface area contributed by atoms with E-state index in [9.17, 15) is 0 Å². The Labute approximate surface area is 97.1 Å². The van der Waals surface area contributed by atoms with Crippen molar-refractivity contribution in [1.82, 2.24) is 5.32 Å². The average molecular weight is 222 g/mol. The predicted molar refractivity (Wildman–Crippen MR) is 62.1 cm³/mol. The first-order valence-corrected chi connectivity index (χ1v) is 6.72. The zero-order chi connectivity index (χ0) is 11.0. The van der Waals surface area contributed by atoms with Gasteiger partial charge >= 0.3 is 0 Å². The number of hydrogen-bond acceptors (Lipinski definition) is 3. The van der Waals surface area contributed by atoms with Crippen molar-refractivity contribution in [2.75, 3.05) is 6.61 Å². The van der Waals surface area contributed by atoms with E-state index in [2.05, 4.69) is 12.2 Å². The summed E-state index contributed by atoms with van der Waals surface area (Å²) in [6.07, 6.45) is 7.51. The Bertz CT molecular complexity index is 337. The van der Waals surface area contributed by atoms with Gasteiger partial charge in [-0.05, 0) is 45.4 Å². The minimum Gasteiger partial charge on any atom is -0.375 e. The third-order valence-electron chi connectivity index (χ3n) is 5.73. The van der Waals surface area contributed by atoms with E-state index in [0.717, 1.165) is 6.61 Å². The van der Waals surface area contributed by atoms with Gasteiger partial charge in [-0.15, -0.1) is 0 Å². The van der Waals surface area contributed by atoms with Crippen LogP contribution in [0.5, 0.6) is 0 Å². The molecule has 0 spiro atoms. The van der Waals surface area contributed by atoms with Crippen molar-refractivity contribution >= 4 is 0 Å². The fourth-order valence-electron chi connectivity index (χ4n) is 5.20. The smallest absolute Gasteiger partial charge is 0.0668 e. The minimum atomic E-state index is 0.204. The van der Waals surface area contributed by atoms with E-state index < -0.39 is 0 Å². The third kappa shape index (κ3) is 1.00. The summed E-state index contributed by atoms with van der Waals surface area (Å²) < 4.78 is 5.97. The van der Waals surface area contributed by atoms with E-state index >= 15 is 0 Å². The number of nitrogens with two attached hydrogens (primary N) is 1. The summed E-state index contributed by atoms with van der Waals surface area (Å²) in [5.74, 6) is 0. The monoisotopic (exact) mass is 222 g/mol. The molecule has 4 aliphatic heterocycles. The number of rotatable bonds is 1. The van der Waals surface area contributed by atoms with Crippen molar-refractivity contribution in [2.45, 2.75) is 68.7 Å². The highest BCUT2D eigenvalue weighted by Crippen LogP contribution is 2.66. The second-order valence-corrected chi connectivity index (χ2v) is 7.03. The molecular weight excluding hydrogens is 200 g/mol. The van der Waals surface area contributed by atoms with Gasteiger partial charge in [0.1, 0.15) is 0 Å². The maximum absolute atomic E-state index is 6.24. The Morgan fingerprint density at radius 3 is 2.88 bits per heavy atom. The lowest BCUT2D eigenvalue weighted by molar-refractivity contribution is -0.0364. The van der Waals surface area contributed by atoms with Crippen LogP contribution in [0, 0.1) is 5.41 Å². The maximum Gasteiger partial charge on any atom is 0.0668 e. The van der Waals surface area contributed by atoms with Crippen LogP contribution >= 0.6 is 0 Å². The van der Waals surface area contributed by atoms with Gasteiger partial charge in [0.05, 0.1) is 12.2 Å². The van der Waals surface area contributed by atoms with E-state index in [1.54, 1.807) is 0 Å². The third-order valence-corrected chi connectivity index (χ3v) is 5.73. The molecule has 4 saturated heterocycles. The number of hydrogen-bond donors (Lipinski definition) is 2. The minimum absolute atomic E-state index is 0.204. The van der Waals surface area contributed by atoms with Crippen molar-refractivity contribution in [3.8, 4) is 0 Å². The Morgan fingerprint density at radius 1 is 1.38 bits per heavy atom. The molecule has 4 heterocycles. The molecule has 4 bridgehead atoms. The van der Waals surface area contributed by atoms with Crippen molar-refractivity contribution in [1.29, 1.82) is 0 Å². The Kier molecular flexibility index (Phi) is 1.63. The van der Waals surface area contributed by atoms with Gasteiger partial charge in [0, 0.05) is 23.0 Å². The number of ether oxygens (including phenoxy) is 1. The molecule has 3 atom stereocenters. The van der Waals surface area contributed by atoms with Gasteiger partial charge in [-0.1, -0.05) is 0 Å². The van der Waals surface area contributed by atoms with Gasteiger partial charge in [-0.25, -0.2) is 0 Å². The first-order chi connectivity index (χ1) is 7.55. The first kappa shape index (κ1) is 9.86. The number of piperidine rings is 1. The van der Waals surface area contributed by atoms with E-state index in [-0.39, 0.29) is 5.60 Å². The van der Waals surface area contributed by atoms with Gasteiger partial charge in [0.2, 0.25) is 0 Å². The highest BCUT2D eigenvalue weighted by atomic mass is 16.5. The zero-order valence-corrected chi connectivity index (χ0v) is 10.1. The van der Waals surface area contributed by atoms with Gasteiger partial charge in [0.25, 0.3) is 0 Å². The molecule has 5 fully saturated rings. The van der Waals surface area contributed by atoms with Crippen LogP contribution < -0.4 is 11.1 Å². The van der Waals surface area contributed by atoms with Gasteiger partial charge in [0.15, 0.2) is 0 Å². The van der Waals surface area contributed by atoms with Crippen LogP contribution in [0.25, 0.3) is 0 Å². The molecule has 0 aromatic carbocycles. The molecular formula is C13H22N2O. The summed E-state index contributed by atoms with van der Waals surface area (Å²) in [5, 5.41) is 3.91. The molecule has 3 N–H and O–H groups in total. The van der Waals surface area contributed by atoms with Crippen molar-refractivity contribution in [2.24, 2.45) is 11.1 Å². The lowest BCUT2D eigenvalue weighted by atomic mass is 9.52. The summed E-state index contributed by atoms with van der Waals surface area (Å²) in [7, 11) is 0. The molecule has 1 saturated carbocycles. The van der Waals surface area contributed by atoms with Crippen LogP contribution in [0.1, 0.15) is 45.4 Å². The molecule has 5 rings (SSSR count). The molecule has 3 heteroatoms. The molecule has 0 aromatic heterocycles. The van der Waals surface area contributed by atoms with E-state index in [1.807, 2.05) is 0 Å². The van der Waals surface area contributed by atoms with E-state index in [4.69, 9.17) is 10.5 Å². The normalized spacial score (nSPS) is 63.4. The number of fused-ring (bicyclic) bond motifs is 3. The maximum atomic E-state index is 6.24. The van der Waals surface area contributed by atoms with Gasteiger partial charge < -0.3 is 15.8 Å². The molecule has 5 aliphatic rings. The molecule has 0 radical (unpaired) electrons. The van der Waals surface area contributed by atoms with Crippen molar-refractivity contribution in [3.63, 3.8) is 0 Å². The quantitative estimate of drug-likeness (QED) is 0.700. The van der Waals surface area contributed by atoms with Gasteiger partial charge in [-0.2, -0.15) is 0 Å². The fraction of sp³-hybridized carbons (Fsp3) is 1.00. The van der Waals surface area contributed by atoms with Crippen LogP contribution in [-0.4, -0.2) is 29.8 Å². The van der Waals surface area contributed by atoms with Crippen molar-refractivity contribution in [3.05, 3.63) is 0 Å². The number of nitrogens with one attached hydrogen (secondary N) is 1. The highest BCUT2D eigenvalue weighted by Gasteiger charge is 2.70. The summed E-state index contributed by atoms with van der Waals surface area (Å²) in [6, 6.07) is 1.10. The Balaban J connectivity index is 1.67. The van der Waals surface area contributed by atoms with Crippen molar-refractivity contribution < 1.29 is 4.74 Å². The average Bonchev–Trinajstić information content (AvgIpc) is 2.77. The second kappa shape index (κ2) is 2.65. The Hall–Kier alpha value is -0.120. The predicted octanol–water partition coefficient (Wildman–Crippen LogP) is 1.17. The summed E-state index contributed by atoms with van der Waals surface area (Å²) in [6.45, 7) is 3.24. The fourth-order valence-corrected chi connectivity index (χ4v) is 5.20. The van der Waals surface area contributed by atoms with Crippen LogP contribution in [-0.2, 0) is 4.74 Å². The first-order valence-electron chi connectivity index (χ1n) is 6.72. The lowest BCUT2D eigenvalue weighted by Gasteiger charge is -2.56. The SMILES string of the molecule is CC12CC(C34CCC(CC(N)C3)N4)(CO1)C2. The highest BCUT2D eigenvalue weighted by molar-refractivity contribution is 5.24. The molecule has 90 valence electrons. The molecule has 0 aromatic rings. The zero-order valence-electron chi connectivity index (χ0n) is 10.1. The lowest BCUT2D eigenvalue weighted by Crippen LogP contribution is -2.66. The molecule has 3 unspecified atom stereocenters. The standard InChI is InChI=1S/C13H22N2O/c1-11-6-12(7-11,8-16-11)13-3-2-10(15-13)4-9(14)5-13/h9-10,15H,2-8,14H2,1H3. The summed E-state index contributed by atoms with van der Waals surface area (Å²) >= 11 is 0. The van der Waals surface area contributed by atoms with E-state index in [1.165, 1.54) is 38.5 Å². The topological polar surface area (TPSA) is 47.3 Å². The van der Waals surface area contributed by atoms with Crippen LogP contribution in [0.15, 0.2) is 0 Å². The summed E-state index contributed by atoms with van der Waals surface area (Å²) in [5.41, 5.74) is 7.19. The molecule has 3 nitrogen and oxygen atoms in total. The van der Waals surface area contributed by atoms with E-state index in [0.29, 0.717) is 23.0 Å². The van der Waals surface area contributed by atoms with Gasteiger partial charge in [-0.3, -0.25) is 0 Å². The van der Waals surface area contributed by atoms with Crippen LogP contribution in [0.4, 0.5) is 0 Å². The Morgan fingerprint density at radius 2 is 2.19 bits per heavy atom.